The number of rotatable bonds is 6. The second-order valence-electron chi connectivity index (χ2n) is 5.82. The van der Waals surface area contributed by atoms with E-state index in [0.717, 1.165) is 56.7 Å². The van der Waals surface area contributed by atoms with Gasteiger partial charge in [0.1, 0.15) is 11.6 Å². The summed E-state index contributed by atoms with van der Waals surface area (Å²) in [6, 6.07) is 3.25. The number of carbonyl (C=O) groups is 1. The molecular formula is C17H19F2N3O2S. The average Bonchev–Trinajstić information content (AvgIpc) is 3.03. The Bertz CT molecular complexity index is 732. The van der Waals surface area contributed by atoms with E-state index in [9.17, 15) is 13.6 Å². The van der Waals surface area contributed by atoms with Gasteiger partial charge in [-0.05, 0) is 30.2 Å². The molecule has 2 aromatic rings. The van der Waals surface area contributed by atoms with E-state index in [-0.39, 0.29) is 24.3 Å². The molecule has 0 saturated carbocycles. The lowest BCUT2D eigenvalue weighted by Crippen LogP contribution is -2.35. The summed E-state index contributed by atoms with van der Waals surface area (Å²) in [6.45, 7) is 3.93. The van der Waals surface area contributed by atoms with Crippen LogP contribution in [0.5, 0.6) is 0 Å². The lowest BCUT2D eigenvalue weighted by Gasteiger charge is -2.25. The number of benzene rings is 1. The van der Waals surface area contributed by atoms with Crippen LogP contribution < -0.4 is 5.32 Å². The first-order chi connectivity index (χ1) is 12.1. The highest BCUT2D eigenvalue weighted by atomic mass is 32.1. The van der Waals surface area contributed by atoms with E-state index in [1.807, 2.05) is 5.38 Å². The molecule has 134 valence electrons. The molecule has 0 unspecified atom stereocenters. The zero-order chi connectivity index (χ0) is 17.6. The number of nitrogens with zero attached hydrogens (tertiary/aromatic N) is 2. The van der Waals surface area contributed by atoms with Crippen LogP contribution in [0.2, 0.25) is 0 Å². The number of amides is 1. The number of ether oxygens (including phenoxy) is 1. The molecule has 3 rings (SSSR count). The summed E-state index contributed by atoms with van der Waals surface area (Å²) in [7, 11) is 0. The minimum atomic E-state index is -0.510. The van der Waals surface area contributed by atoms with Gasteiger partial charge in [0.05, 0.1) is 18.9 Å². The van der Waals surface area contributed by atoms with Crippen LogP contribution in [-0.4, -0.2) is 42.1 Å². The van der Waals surface area contributed by atoms with Crippen molar-refractivity contribution in [2.24, 2.45) is 0 Å². The molecule has 1 aliphatic rings. The van der Waals surface area contributed by atoms with Crippen molar-refractivity contribution in [3.05, 3.63) is 46.5 Å². The molecule has 0 atom stereocenters. The Morgan fingerprint density at radius 3 is 2.92 bits per heavy atom. The molecule has 0 aliphatic carbocycles. The van der Waals surface area contributed by atoms with Crippen LogP contribution in [0.15, 0.2) is 23.6 Å². The zero-order valence-corrected chi connectivity index (χ0v) is 14.5. The van der Waals surface area contributed by atoms with Crippen LogP contribution in [0.1, 0.15) is 17.7 Å². The quantitative estimate of drug-likeness (QED) is 0.853. The maximum atomic E-state index is 13.6. The third-order valence-electron chi connectivity index (χ3n) is 3.92. The van der Waals surface area contributed by atoms with Gasteiger partial charge in [0.25, 0.3) is 0 Å². The number of aryl methyl sites for hydroxylation is 1. The second kappa shape index (κ2) is 8.46. The van der Waals surface area contributed by atoms with Crippen molar-refractivity contribution in [2.75, 3.05) is 31.6 Å². The molecule has 1 fully saturated rings. The minimum absolute atomic E-state index is 0.0682. The van der Waals surface area contributed by atoms with Crippen LogP contribution in [0, 0.1) is 11.6 Å². The number of nitrogens with one attached hydrogen (secondary N) is 1. The monoisotopic (exact) mass is 367 g/mol. The van der Waals surface area contributed by atoms with E-state index in [4.69, 9.17) is 4.74 Å². The highest BCUT2D eigenvalue weighted by Crippen LogP contribution is 2.18. The van der Waals surface area contributed by atoms with Gasteiger partial charge in [-0.25, -0.2) is 13.8 Å². The highest BCUT2D eigenvalue weighted by molar-refractivity contribution is 7.13. The molecule has 2 heterocycles. The largest absolute Gasteiger partial charge is 0.379 e. The lowest BCUT2D eigenvalue weighted by molar-refractivity contribution is -0.116. The molecule has 0 radical (unpaired) electrons. The first-order valence-electron chi connectivity index (χ1n) is 8.08. The van der Waals surface area contributed by atoms with Gasteiger partial charge in [-0.1, -0.05) is 0 Å². The summed E-state index contributed by atoms with van der Waals surface area (Å²) in [5, 5.41) is 5.15. The predicted octanol–water partition coefficient (Wildman–Crippen LogP) is 2.82. The van der Waals surface area contributed by atoms with Gasteiger partial charge in [0, 0.05) is 31.4 Å². The molecule has 1 saturated heterocycles. The van der Waals surface area contributed by atoms with Crippen molar-refractivity contribution in [1.82, 2.24) is 9.88 Å². The van der Waals surface area contributed by atoms with Gasteiger partial charge in [-0.3, -0.25) is 9.69 Å². The smallest absolute Gasteiger partial charge is 0.226 e. The molecule has 1 aromatic heterocycles. The van der Waals surface area contributed by atoms with Crippen molar-refractivity contribution in [3.63, 3.8) is 0 Å². The maximum absolute atomic E-state index is 13.6. The first kappa shape index (κ1) is 17.9. The number of thiazole rings is 1. The Labute approximate surface area is 148 Å². The number of hydrogen-bond donors (Lipinski definition) is 1. The number of anilines is 1. The van der Waals surface area contributed by atoms with Crippen molar-refractivity contribution in [3.8, 4) is 0 Å². The Hall–Kier alpha value is -1.90. The van der Waals surface area contributed by atoms with E-state index >= 15 is 0 Å². The van der Waals surface area contributed by atoms with Gasteiger partial charge in [-0.2, -0.15) is 0 Å². The van der Waals surface area contributed by atoms with E-state index < -0.39 is 11.6 Å². The highest BCUT2D eigenvalue weighted by Gasteiger charge is 2.14. The molecule has 1 aliphatic heterocycles. The second-order valence-corrected chi connectivity index (χ2v) is 6.67. The van der Waals surface area contributed by atoms with Crippen LogP contribution in [0.4, 0.5) is 13.9 Å². The Morgan fingerprint density at radius 2 is 2.12 bits per heavy atom. The van der Waals surface area contributed by atoms with Crippen LogP contribution in [0.25, 0.3) is 0 Å². The molecular weight excluding hydrogens is 348 g/mol. The number of hydrogen-bond acceptors (Lipinski definition) is 5. The number of halogens is 2. The number of carbonyl (C=O) groups excluding carboxylic acids is 1. The summed E-state index contributed by atoms with van der Waals surface area (Å²) in [5.41, 5.74) is 1.10. The fourth-order valence-corrected chi connectivity index (χ4v) is 3.31. The minimum Gasteiger partial charge on any atom is -0.379 e. The summed E-state index contributed by atoms with van der Waals surface area (Å²) < 4.78 is 32.0. The number of aromatic nitrogens is 1. The van der Waals surface area contributed by atoms with Crippen molar-refractivity contribution < 1.29 is 18.3 Å². The summed E-state index contributed by atoms with van der Waals surface area (Å²) >= 11 is 1.36. The molecule has 8 heteroatoms. The topological polar surface area (TPSA) is 54.5 Å². The summed E-state index contributed by atoms with van der Waals surface area (Å²) in [6.07, 6.45) is 0.209. The van der Waals surface area contributed by atoms with Crippen LogP contribution in [0.3, 0.4) is 0 Å². The van der Waals surface area contributed by atoms with Crippen LogP contribution in [-0.2, 0) is 22.5 Å². The summed E-state index contributed by atoms with van der Waals surface area (Å²) in [4.78, 5) is 18.6. The molecule has 1 N–H and O–H groups in total. The third-order valence-corrected chi connectivity index (χ3v) is 4.72. The third kappa shape index (κ3) is 5.29. The molecule has 5 nitrogen and oxygen atoms in total. The molecule has 0 bridgehead atoms. The maximum Gasteiger partial charge on any atom is 0.226 e. The van der Waals surface area contributed by atoms with Crippen molar-refractivity contribution >= 4 is 22.4 Å². The van der Waals surface area contributed by atoms with E-state index in [2.05, 4.69) is 15.2 Å². The van der Waals surface area contributed by atoms with Crippen molar-refractivity contribution in [2.45, 2.75) is 19.4 Å². The fraction of sp³-hybridized carbons (Fsp3) is 0.412. The van der Waals surface area contributed by atoms with Crippen molar-refractivity contribution in [1.29, 1.82) is 0 Å². The van der Waals surface area contributed by atoms with Crippen LogP contribution >= 0.6 is 11.3 Å². The first-order valence-corrected chi connectivity index (χ1v) is 8.96. The summed E-state index contributed by atoms with van der Waals surface area (Å²) in [5.74, 6) is -1.28. The van der Waals surface area contributed by atoms with E-state index in [0.29, 0.717) is 5.13 Å². The van der Waals surface area contributed by atoms with Gasteiger partial charge in [0.15, 0.2) is 5.13 Å². The Morgan fingerprint density at radius 1 is 1.32 bits per heavy atom. The number of morpholine rings is 1. The van der Waals surface area contributed by atoms with E-state index in [1.165, 1.54) is 11.3 Å². The average molecular weight is 367 g/mol. The normalized spacial score (nSPS) is 15.3. The van der Waals surface area contributed by atoms with Gasteiger partial charge in [0.2, 0.25) is 5.91 Å². The zero-order valence-electron chi connectivity index (χ0n) is 13.6. The van der Waals surface area contributed by atoms with E-state index in [1.54, 1.807) is 0 Å². The SMILES string of the molecule is O=C(CCc1cc(F)ccc1F)Nc1nc(CN2CCOCC2)cs1. The molecule has 1 aromatic carbocycles. The molecule has 25 heavy (non-hydrogen) atoms. The Balaban J connectivity index is 1.48. The van der Waals surface area contributed by atoms with Gasteiger partial charge < -0.3 is 10.1 Å². The standard InChI is InChI=1S/C17H19F2N3O2S/c18-13-2-3-15(19)12(9-13)1-4-16(23)21-17-20-14(11-25-17)10-22-5-7-24-8-6-22/h2-3,9,11H,1,4-8,10H2,(H,20,21,23). The predicted molar refractivity (Wildman–Crippen MR) is 91.5 cm³/mol. The Kier molecular flexibility index (Phi) is 6.06. The molecule has 1 amide bonds. The lowest BCUT2D eigenvalue weighted by atomic mass is 10.1. The van der Waals surface area contributed by atoms with Gasteiger partial charge in [-0.15, -0.1) is 11.3 Å². The fourth-order valence-electron chi connectivity index (χ4n) is 2.59. The van der Waals surface area contributed by atoms with Gasteiger partial charge >= 0.3 is 0 Å². The molecule has 0 spiro atoms.